The van der Waals surface area contributed by atoms with Crippen LogP contribution in [-0.2, 0) is 16.6 Å². The Balaban J connectivity index is 2.17. The zero-order valence-electron chi connectivity index (χ0n) is 10.9. The standard InChI is InChI=1S/C15H12ClNO3S/c16-13-4-3-12-7-8-17(15(12)9-13)21(19,20)14-5-1-11(10-18)2-6-14/h1-9,18H,10H2. The molecule has 0 aliphatic rings. The molecule has 2 aromatic carbocycles. The van der Waals surface area contributed by atoms with Gasteiger partial charge in [-0.3, -0.25) is 0 Å². The van der Waals surface area contributed by atoms with Gasteiger partial charge in [-0.15, -0.1) is 0 Å². The van der Waals surface area contributed by atoms with Crippen molar-refractivity contribution in [1.82, 2.24) is 3.97 Å². The summed E-state index contributed by atoms with van der Waals surface area (Å²) in [5.74, 6) is 0. The van der Waals surface area contributed by atoms with Gasteiger partial charge in [0, 0.05) is 16.6 Å². The number of rotatable bonds is 3. The van der Waals surface area contributed by atoms with Crippen LogP contribution in [0.5, 0.6) is 0 Å². The summed E-state index contributed by atoms with van der Waals surface area (Å²) in [4.78, 5) is 0.164. The molecule has 6 heteroatoms. The fraction of sp³-hybridized carbons (Fsp3) is 0.0667. The van der Waals surface area contributed by atoms with E-state index in [1.54, 1.807) is 36.4 Å². The minimum atomic E-state index is -3.69. The van der Waals surface area contributed by atoms with Crippen LogP contribution < -0.4 is 0 Å². The predicted octanol–water partition coefficient (Wildman–Crippen LogP) is 3.02. The zero-order chi connectivity index (χ0) is 15.0. The number of nitrogens with zero attached hydrogens (tertiary/aromatic N) is 1. The highest BCUT2D eigenvalue weighted by molar-refractivity contribution is 7.90. The van der Waals surface area contributed by atoms with Gasteiger partial charge >= 0.3 is 0 Å². The van der Waals surface area contributed by atoms with E-state index in [2.05, 4.69) is 0 Å². The Morgan fingerprint density at radius 3 is 2.43 bits per heavy atom. The molecule has 0 fully saturated rings. The Morgan fingerprint density at radius 2 is 1.76 bits per heavy atom. The van der Waals surface area contributed by atoms with Crippen molar-refractivity contribution >= 4 is 32.5 Å². The third-order valence-electron chi connectivity index (χ3n) is 3.28. The summed E-state index contributed by atoms with van der Waals surface area (Å²) in [5, 5.41) is 10.3. The quantitative estimate of drug-likeness (QED) is 0.806. The lowest BCUT2D eigenvalue weighted by molar-refractivity contribution is 0.282. The van der Waals surface area contributed by atoms with Gasteiger partial charge in [-0.2, -0.15) is 0 Å². The molecule has 0 spiro atoms. The minimum absolute atomic E-state index is 0.123. The van der Waals surface area contributed by atoms with E-state index in [-0.39, 0.29) is 11.5 Å². The van der Waals surface area contributed by atoms with E-state index in [1.165, 1.54) is 22.3 Å². The molecule has 0 radical (unpaired) electrons. The monoisotopic (exact) mass is 321 g/mol. The molecule has 0 bridgehead atoms. The Morgan fingerprint density at radius 1 is 1.05 bits per heavy atom. The molecule has 0 atom stereocenters. The molecule has 1 N–H and O–H groups in total. The highest BCUT2D eigenvalue weighted by atomic mass is 35.5. The van der Waals surface area contributed by atoms with Crippen LogP contribution in [-0.4, -0.2) is 17.5 Å². The number of halogens is 1. The molecule has 0 amide bonds. The first-order chi connectivity index (χ1) is 10.0. The van der Waals surface area contributed by atoms with E-state index in [9.17, 15) is 8.42 Å². The maximum Gasteiger partial charge on any atom is 0.268 e. The molecular weight excluding hydrogens is 310 g/mol. The van der Waals surface area contributed by atoms with Crippen LogP contribution in [0.1, 0.15) is 5.56 Å². The van der Waals surface area contributed by atoms with Crippen molar-refractivity contribution in [3.05, 3.63) is 65.3 Å². The molecule has 0 aliphatic carbocycles. The van der Waals surface area contributed by atoms with Crippen LogP contribution in [0.4, 0.5) is 0 Å². The second-order valence-electron chi connectivity index (χ2n) is 4.62. The maximum absolute atomic E-state index is 12.7. The topological polar surface area (TPSA) is 59.3 Å². The molecule has 1 aromatic heterocycles. The summed E-state index contributed by atoms with van der Waals surface area (Å²) in [6.45, 7) is -0.123. The Labute approximate surface area is 127 Å². The number of hydrogen-bond acceptors (Lipinski definition) is 3. The van der Waals surface area contributed by atoms with Crippen LogP contribution in [0.2, 0.25) is 5.02 Å². The van der Waals surface area contributed by atoms with Crippen molar-refractivity contribution in [3.63, 3.8) is 0 Å². The van der Waals surface area contributed by atoms with Crippen molar-refractivity contribution in [1.29, 1.82) is 0 Å². The fourth-order valence-electron chi connectivity index (χ4n) is 2.17. The van der Waals surface area contributed by atoms with Crippen LogP contribution in [0.25, 0.3) is 10.9 Å². The van der Waals surface area contributed by atoms with Crippen molar-refractivity contribution in [2.24, 2.45) is 0 Å². The van der Waals surface area contributed by atoms with Crippen molar-refractivity contribution in [3.8, 4) is 0 Å². The van der Waals surface area contributed by atoms with Crippen LogP contribution in [0.15, 0.2) is 59.6 Å². The maximum atomic E-state index is 12.7. The molecule has 4 nitrogen and oxygen atoms in total. The summed E-state index contributed by atoms with van der Waals surface area (Å²) >= 11 is 5.95. The van der Waals surface area contributed by atoms with Gasteiger partial charge in [0.1, 0.15) is 0 Å². The van der Waals surface area contributed by atoms with Crippen LogP contribution in [0, 0.1) is 0 Å². The van der Waals surface area contributed by atoms with Crippen molar-refractivity contribution in [2.45, 2.75) is 11.5 Å². The highest BCUT2D eigenvalue weighted by Gasteiger charge is 2.18. The number of hydrogen-bond donors (Lipinski definition) is 1. The SMILES string of the molecule is O=S(=O)(c1ccc(CO)cc1)n1ccc2ccc(Cl)cc21. The highest BCUT2D eigenvalue weighted by Crippen LogP contribution is 2.25. The smallest absolute Gasteiger partial charge is 0.268 e. The van der Waals surface area contributed by atoms with E-state index >= 15 is 0 Å². The van der Waals surface area contributed by atoms with E-state index in [0.29, 0.717) is 16.1 Å². The minimum Gasteiger partial charge on any atom is -0.392 e. The molecular formula is C15H12ClNO3S. The Hall–Kier alpha value is -1.82. The van der Waals surface area contributed by atoms with E-state index in [1.807, 2.05) is 0 Å². The summed E-state index contributed by atoms with van der Waals surface area (Å²) in [6, 6.07) is 13.0. The van der Waals surface area contributed by atoms with E-state index in [0.717, 1.165) is 5.39 Å². The van der Waals surface area contributed by atoms with Gasteiger partial charge in [-0.1, -0.05) is 29.8 Å². The van der Waals surface area contributed by atoms with Crippen LogP contribution in [0.3, 0.4) is 0 Å². The van der Waals surface area contributed by atoms with Gasteiger partial charge in [-0.25, -0.2) is 12.4 Å². The van der Waals surface area contributed by atoms with Gasteiger partial charge in [0.15, 0.2) is 0 Å². The second-order valence-corrected chi connectivity index (χ2v) is 6.87. The molecule has 0 aliphatic heterocycles. The molecule has 21 heavy (non-hydrogen) atoms. The summed E-state index contributed by atoms with van der Waals surface area (Å²) < 4.78 is 26.6. The van der Waals surface area contributed by atoms with Crippen LogP contribution >= 0.6 is 11.6 Å². The van der Waals surface area contributed by atoms with Gasteiger partial charge in [0.05, 0.1) is 17.0 Å². The fourth-order valence-corrected chi connectivity index (χ4v) is 3.68. The summed E-state index contributed by atoms with van der Waals surface area (Å²) in [6.07, 6.45) is 1.51. The number of benzene rings is 2. The predicted molar refractivity (Wildman–Crippen MR) is 81.9 cm³/mol. The molecule has 0 saturated heterocycles. The van der Waals surface area contributed by atoms with Gasteiger partial charge < -0.3 is 5.11 Å². The first-order valence-corrected chi connectivity index (χ1v) is 8.06. The lowest BCUT2D eigenvalue weighted by atomic mass is 10.2. The van der Waals surface area contributed by atoms with Crippen molar-refractivity contribution in [2.75, 3.05) is 0 Å². The van der Waals surface area contributed by atoms with E-state index in [4.69, 9.17) is 16.7 Å². The molecule has 3 aromatic rings. The second kappa shape index (κ2) is 5.18. The Bertz CT molecular complexity index is 898. The lowest BCUT2D eigenvalue weighted by Crippen LogP contribution is -2.11. The first kappa shape index (κ1) is 14.1. The van der Waals surface area contributed by atoms with Gasteiger partial charge in [0.2, 0.25) is 0 Å². The molecule has 0 unspecified atom stereocenters. The van der Waals surface area contributed by atoms with Gasteiger partial charge in [-0.05, 0) is 35.9 Å². The van der Waals surface area contributed by atoms with Crippen molar-refractivity contribution < 1.29 is 13.5 Å². The molecule has 1 heterocycles. The third kappa shape index (κ3) is 2.44. The average Bonchev–Trinajstić information content (AvgIpc) is 2.91. The van der Waals surface area contributed by atoms with E-state index < -0.39 is 10.0 Å². The molecule has 3 rings (SSSR count). The summed E-state index contributed by atoms with van der Waals surface area (Å²) in [5.41, 5.74) is 1.20. The first-order valence-electron chi connectivity index (χ1n) is 6.24. The number of aliphatic hydroxyl groups is 1. The number of aromatic nitrogens is 1. The zero-order valence-corrected chi connectivity index (χ0v) is 12.5. The Kier molecular flexibility index (Phi) is 3.49. The summed E-state index contributed by atoms with van der Waals surface area (Å²) in [7, 11) is -3.69. The third-order valence-corrected chi connectivity index (χ3v) is 5.22. The largest absolute Gasteiger partial charge is 0.392 e. The molecule has 108 valence electrons. The number of fused-ring (bicyclic) bond motifs is 1. The van der Waals surface area contributed by atoms with Gasteiger partial charge in [0.25, 0.3) is 10.0 Å². The molecule has 0 saturated carbocycles. The average molecular weight is 322 g/mol. The lowest BCUT2D eigenvalue weighted by Gasteiger charge is -2.08. The normalized spacial score (nSPS) is 11.9. The number of aliphatic hydroxyl groups excluding tert-OH is 1.